The molecule has 0 saturated carbocycles. The van der Waals surface area contributed by atoms with Crippen LogP contribution < -0.4 is 0 Å². The molecule has 0 spiro atoms. The van der Waals surface area contributed by atoms with Crippen LogP contribution >= 0.6 is 0 Å². The standard InChI is InChI=1S/C26H34N2O4/c1-4-5-15-31-25(2,3)17-21-11-12-23(28-21)26(19-27)14-13-22(32-26)18-30-24(29)16-20-9-7-6-8-10-20/h6-12,22,28H,4-5,13-18H2,1-3H3. The van der Waals surface area contributed by atoms with E-state index in [4.69, 9.17) is 14.2 Å². The molecule has 32 heavy (non-hydrogen) atoms. The van der Waals surface area contributed by atoms with Gasteiger partial charge in [0.2, 0.25) is 0 Å². The van der Waals surface area contributed by atoms with Crippen molar-refractivity contribution in [2.75, 3.05) is 13.2 Å². The summed E-state index contributed by atoms with van der Waals surface area (Å²) in [6.45, 7) is 7.20. The molecule has 1 aliphatic heterocycles. The summed E-state index contributed by atoms with van der Waals surface area (Å²) in [7, 11) is 0. The summed E-state index contributed by atoms with van der Waals surface area (Å²) in [6, 6.07) is 15.8. The Bertz CT molecular complexity index is 915. The number of hydrogen-bond acceptors (Lipinski definition) is 5. The molecule has 1 N–H and O–H groups in total. The number of benzene rings is 1. The van der Waals surface area contributed by atoms with E-state index in [0.717, 1.165) is 42.8 Å². The van der Waals surface area contributed by atoms with Crippen molar-refractivity contribution in [3.05, 3.63) is 59.4 Å². The van der Waals surface area contributed by atoms with E-state index in [2.05, 4.69) is 31.8 Å². The van der Waals surface area contributed by atoms with Crippen molar-refractivity contribution in [1.29, 1.82) is 5.26 Å². The van der Waals surface area contributed by atoms with Crippen LogP contribution in [0.1, 0.15) is 63.4 Å². The van der Waals surface area contributed by atoms with E-state index in [1.54, 1.807) is 0 Å². The fourth-order valence-electron chi connectivity index (χ4n) is 4.01. The highest BCUT2D eigenvalue weighted by Gasteiger charge is 2.43. The number of esters is 1. The average molecular weight is 439 g/mol. The van der Waals surface area contributed by atoms with E-state index >= 15 is 0 Å². The number of aromatic nitrogens is 1. The SMILES string of the molecule is CCCCOC(C)(C)Cc1ccc(C2(C#N)CCC(COC(=O)Cc3ccccc3)O2)[nH]1. The first-order valence-electron chi connectivity index (χ1n) is 11.5. The van der Waals surface area contributed by atoms with Gasteiger partial charge >= 0.3 is 5.97 Å². The third-order valence-electron chi connectivity index (χ3n) is 5.78. The van der Waals surface area contributed by atoms with Gasteiger partial charge in [-0.1, -0.05) is 43.7 Å². The van der Waals surface area contributed by atoms with Gasteiger partial charge in [-0.2, -0.15) is 5.26 Å². The van der Waals surface area contributed by atoms with Gasteiger partial charge in [-0.25, -0.2) is 0 Å². The number of nitrogens with zero attached hydrogens (tertiary/aromatic N) is 1. The highest BCUT2D eigenvalue weighted by molar-refractivity contribution is 5.72. The lowest BCUT2D eigenvalue weighted by molar-refractivity contribution is -0.148. The monoisotopic (exact) mass is 438 g/mol. The van der Waals surface area contributed by atoms with Crippen molar-refractivity contribution in [2.24, 2.45) is 0 Å². The molecule has 2 aromatic rings. The predicted molar refractivity (Wildman–Crippen MR) is 122 cm³/mol. The molecule has 0 aliphatic carbocycles. The van der Waals surface area contributed by atoms with E-state index < -0.39 is 5.60 Å². The van der Waals surface area contributed by atoms with Crippen molar-refractivity contribution in [3.8, 4) is 6.07 Å². The number of rotatable bonds is 11. The molecule has 1 fully saturated rings. The number of hydrogen-bond donors (Lipinski definition) is 1. The van der Waals surface area contributed by atoms with Crippen molar-refractivity contribution in [2.45, 2.75) is 76.6 Å². The third-order valence-corrected chi connectivity index (χ3v) is 5.78. The number of unbranched alkanes of at least 4 members (excludes halogenated alkanes) is 1. The normalized spacial score (nSPS) is 20.8. The van der Waals surface area contributed by atoms with Crippen LogP contribution in [0.5, 0.6) is 0 Å². The zero-order chi connectivity index (χ0) is 23.0. The van der Waals surface area contributed by atoms with Crippen LogP contribution in [0.4, 0.5) is 0 Å². The first kappa shape index (κ1) is 24.0. The summed E-state index contributed by atoms with van der Waals surface area (Å²) in [4.78, 5) is 15.5. The fourth-order valence-corrected chi connectivity index (χ4v) is 4.01. The molecule has 172 valence electrons. The van der Waals surface area contributed by atoms with Crippen molar-refractivity contribution in [3.63, 3.8) is 0 Å². The highest BCUT2D eigenvalue weighted by Crippen LogP contribution is 2.39. The van der Waals surface area contributed by atoms with Crippen LogP contribution in [0.2, 0.25) is 0 Å². The van der Waals surface area contributed by atoms with Gasteiger partial charge < -0.3 is 19.2 Å². The van der Waals surface area contributed by atoms with E-state index in [0.29, 0.717) is 12.8 Å². The quantitative estimate of drug-likeness (QED) is 0.401. The molecular weight excluding hydrogens is 404 g/mol. The van der Waals surface area contributed by atoms with E-state index in [9.17, 15) is 10.1 Å². The van der Waals surface area contributed by atoms with Gasteiger partial charge in [0.15, 0.2) is 5.60 Å². The number of aromatic amines is 1. The van der Waals surface area contributed by atoms with Crippen LogP contribution in [0.25, 0.3) is 0 Å². The Morgan fingerprint density at radius 3 is 2.78 bits per heavy atom. The second kappa shape index (κ2) is 10.8. The second-order valence-corrected chi connectivity index (χ2v) is 9.10. The third kappa shape index (κ3) is 6.44. The van der Waals surface area contributed by atoms with Gasteiger partial charge in [0.25, 0.3) is 0 Å². The number of nitrogens with one attached hydrogen (secondary N) is 1. The largest absolute Gasteiger partial charge is 0.463 e. The molecule has 6 heteroatoms. The van der Waals surface area contributed by atoms with Gasteiger partial charge in [0.1, 0.15) is 12.7 Å². The molecule has 2 heterocycles. The van der Waals surface area contributed by atoms with Crippen LogP contribution in [0, 0.1) is 11.3 Å². The average Bonchev–Trinajstić information content (AvgIpc) is 3.40. The maximum Gasteiger partial charge on any atom is 0.310 e. The summed E-state index contributed by atoms with van der Waals surface area (Å²) >= 11 is 0. The minimum atomic E-state index is -1.04. The number of carbonyl (C=O) groups excluding carboxylic acids is 1. The summed E-state index contributed by atoms with van der Waals surface area (Å²) < 4.78 is 17.5. The lowest BCUT2D eigenvalue weighted by atomic mass is 9.98. The van der Waals surface area contributed by atoms with Crippen molar-refractivity contribution in [1.82, 2.24) is 4.98 Å². The molecular formula is C26H34N2O4. The lowest BCUT2D eigenvalue weighted by Gasteiger charge is -2.25. The van der Waals surface area contributed by atoms with Gasteiger partial charge in [-0.3, -0.25) is 4.79 Å². The topological polar surface area (TPSA) is 84.3 Å². The molecule has 1 aromatic heterocycles. The molecule has 3 rings (SSSR count). The molecule has 1 saturated heterocycles. The van der Waals surface area contributed by atoms with E-state index in [-0.39, 0.29) is 30.7 Å². The summed E-state index contributed by atoms with van der Waals surface area (Å²) in [5.41, 5.74) is 1.34. The Labute approximate surface area is 190 Å². The highest BCUT2D eigenvalue weighted by atomic mass is 16.6. The second-order valence-electron chi connectivity index (χ2n) is 9.10. The summed E-state index contributed by atoms with van der Waals surface area (Å²) in [5.74, 6) is -0.290. The smallest absolute Gasteiger partial charge is 0.310 e. The Morgan fingerprint density at radius 1 is 1.28 bits per heavy atom. The zero-order valence-electron chi connectivity index (χ0n) is 19.4. The Balaban J connectivity index is 1.54. The molecule has 0 amide bonds. The Hall–Kier alpha value is -2.62. The Kier molecular flexibility index (Phi) is 8.11. The number of ether oxygens (including phenoxy) is 3. The summed E-state index contributed by atoms with van der Waals surface area (Å²) in [6.07, 6.45) is 4.02. The molecule has 0 bridgehead atoms. The van der Waals surface area contributed by atoms with E-state index in [1.807, 2.05) is 42.5 Å². The zero-order valence-corrected chi connectivity index (χ0v) is 19.4. The van der Waals surface area contributed by atoms with Crippen LogP contribution in [0.15, 0.2) is 42.5 Å². The van der Waals surface area contributed by atoms with Crippen molar-refractivity contribution >= 4 is 5.97 Å². The first-order valence-corrected chi connectivity index (χ1v) is 11.5. The van der Waals surface area contributed by atoms with Crippen molar-refractivity contribution < 1.29 is 19.0 Å². The molecule has 6 nitrogen and oxygen atoms in total. The minimum absolute atomic E-state index is 0.154. The predicted octanol–water partition coefficient (Wildman–Crippen LogP) is 4.84. The van der Waals surface area contributed by atoms with Crippen LogP contribution in [-0.2, 0) is 37.4 Å². The Morgan fingerprint density at radius 2 is 2.06 bits per heavy atom. The molecule has 2 unspecified atom stereocenters. The number of nitriles is 1. The maximum absolute atomic E-state index is 12.1. The lowest BCUT2D eigenvalue weighted by Crippen LogP contribution is -2.29. The molecule has 0 radical (unpaired) electrons. The summed E-state index contributed by atoms with van der Waals surface area (Å²) in [5, 5.41) is 9.92. The van der Waals surface area contributed by atoms with Gasteiger partial charge in [0.05, 0.1) is 23.8 Å². The maximum atomic E-state index is 12.1. The van der Waals surface area contributed by atoms with Crippen LogP contribution in [-0.4, -0.2) is 35.9 Å². The first-order chi connectivity index (χ1) is 15.4. The number of H-pyrrole nitrogens is 1. The molecule has 2 atom stereocenters. The minimum Gasteiger partial charge on any atom is -0.463 e. The van der Waals surface area contributed by atoms with E-state index in [1.165, 1.54) is 0 Å². The van der Waals surface area contributed by atoms with Gasteiger partial charge in [-0.15, -0.1) is 0 Å². The van der Waals surface area contributed by atoms with Crippen LogP contribution in [0.3, 0.4) is 0 Å². The number of carbonyl (C=O) groups is 1. The fraction of sp³-hybridized carbons (Fsp3) is 0.538. The molecule has 1 aliphatic rings. The van der Waals surface area contributed by atoms with Gasteiger partial charge in [-0.05, 0) is 50.8 Å². The molecule has 1 aromatic carbocycles. The van der Waals surface area contributed by atoms with Gasteiger partial charge in [0, 0.05) is 18.7 Å².